The van der Waals surface area contributed by atoms with Gasteiger partial charge in [0.15, 0.2) is 0 Å². The van der Waals surface area contributed by atoms with Crippen molar-refractivity contribution in [2.24, 2.45) is 0 Å². The van der Waals surface area contributed by atoms with Crippen LogP contribution in [0, 0.1) is 0 Å². The summed E-state index contributed by atoms with van der Waals surface area (Å²) in [5.41, 5.74) is 1.12. The number of benzene rings is 1. The molecule has 3 N–H and O–H groups in total. The van der Waals surface area contributed by atoms with E-state index in [1.807, 2.05) is 30.3 Å². The monoisotopic (exact) mass is 219 g/mol. The van der Waals surface area contributed by atoms with Crippen LogP contribution in [0.15, 0.2) is 30.3 Å². The van der Waals surface area contributed by atoms with Gasteiger partial charge in [0.2, 0.25) is 5.91 Å². The molecule has 1 atom stereocenters. The van der Waals surface area contributed by atoms with Gasteiger partial charge >= 0.3 is 0 Å². The molecule has 1 aliphatic heterocycles. The molecule has 4 nitrogen and oxygen atoms in total. The maximum atomic E-state index is 11.8. The maximum absolute atomic E-state index is 11.8. The first kappa shape index (κ1) is 11.1. The lowest BCUT2D eigenvalue weighted by atomic mass is 10.2. The third kappa shape index (κ3) is 3.05. The van der Waals surface area contributed by atoms with E-state index in [1.165, 1.54) is 0 Å². The molecule has 86 valence electrons. The molecule has 2 rings (SSSR count). The van der Waals surface area contributed by atoms with Gasteiger partial charge in [0.1, 0.15) is 0 Å². The summed E-state index contributed by atoms with van der Waals surface area (Å²) in [5.74, 6) is 0.0658. The van der Waals surface area contributed by atoms with Crippen molar-refractivity contribution < 1.29 is 4.79 Å². The minimum absolute atomic E-state index is 0.0658. The van der Waals surface area contributed by atoms with Gasteiger partial charge in [-0.1, -0.05) is 30.3 Å². The summed E-state index contributed by atoms with van der Waals surface area (Å²) in [6.07, 6.45) is 0. The van der Waals surface area contributed by atoms with Crippen LogP contribution in [0.4, 0.5) is 0 Å². The van der Waals surface area contributed by atoms with Gasteiger partial charge in [-0.3, -0.25) is 4.79 Å². The lowest BCUT2D eigenvalue weighted by Crippen LogP contribution is -2.55. The summed E-state index contributed by atoms with van der Waals surface area (Å²) in [4.78, 5) is 11.8. The molecule has 0 aliphatic carbocycles. The van der Waals surface area contributed by atoms with Gasteiger partial charge in [0.25, 0.3) is 0 Å². The molecule has 1 fully saturated rings. The summed E-state index contributed by atoms with van der Waals surface area (Å²) in [6.45, 7) is 3.09. The van der Waals surface area contributed by atoms with Crippen LogP contribution in [0.2, 0.25) is 0 Å². The topological polar surface area (TPSA) is 53.2 Å². The Balaban J connectivity index is 1.79. The molecule has 4 heteroatoms. The smallest absolute Gasteiger partial charge is 0.238 e. The fourth-order valence-corrected chi connectivity index (χ4v) is 1.75. The van der Waals surface area contributed by atoms with Gasteiger partial charge in [-0.05, 0) is 5.56 Å². The molecule has 0 unspecified atom stereocenters. The van der Waals surface area contributed by atoms with Crippen molar-refractivity contribution in [3.63, 3.8) is 0 Å². The number of hydrogen-bond donors (Lipinski definition) is 3. The summed E-state index contributed by atoms with van der Waals surface area (Å²) < 4.78 is 0. The average molecular weight is 219 g/mol. The number of rotatable bonds is 3. The summed E-state index contributed by atoms with van der Waals surface area (Å²) in [7, 11) is 0. The lowest BCUT2D eigenvalue weighted by molar-refractivity contribution is -0.123. The predicted molar refractivity (Wildman–Crippen MR) is 62.9 cm³/mol. The largest absolute Gasteiger partial charge is 0.351 e. The molecule has 16 heavy (non-hydrogen) atoms. The zero-order valence-corrected chi connectivity index (χ0v) is 9.20. The zero-order chi connectivity index (χ0) is 11.2. The van der Waals surface area contributed by atoms with E-state index in [0.717, 1.165) is 18.7 Å². The van der Waals surface area contributed by atoms with E-state index < -0.39 is 0 Å². The van der Waals surface area contributed by atoms with Crippen LogP contribution in [0.5, 0.6) is 0 Å². The second-order valence-electron chi connectivity index (χ2n) is 3.91. The molecule has 0 aromatic heterocycles. The van der Waals surface area contributed by atoms with Crippen LogP contribution in [0.25, 0.3) is 0 Å². The van der Waals surface area contributed by atoms with Gasteiger partial charge in [0, 0.05) is 26.2 Å². The van der Waals surface area contributed by atoms with E-state index in [2.05, 4.69) is 16.0 Å². The molecular weight excluding hydrogens is 202 g/mol. The highest BCUT2D eigenvalue weighted by Gasteiger charge is 2.19. The van der Waals surface area contributed by atoms with Gasteiger partial charge in [-0.15, -0.1) is 0 Å². The first-order chi connectivity index (χ1) is 7.86. The quantitative estimate of drug-likeness (QED) is 0.663. The fourth-order valence-electron chi connectivity index (χ4n) is 1.75. The van der Waals surface area contributed by atoms with Crippen LogP contribution in [0.3, 0.4) is 0 Å². The number of carbonyl (C=O) groups is 1. The predicted octanol–water partition coefficient (Wildman–Crippen LogP) is -0.136. The van der Waals surface area contributed by atoms with Crippen LogP contribution in [-0.2, 0) is 11.3 Å². The first-order valence-corrected chi connectivity index (χ1v) is 5.62. The Morgan fingerprint density at radius 1 is 1.31 bits per heavy atom. The first-order valence-electron chi connectivity index (χ1n) is 5.62. The molecule has 1 aromatic rings. The average Bonchev–Trinajstić information content (AvgIpc) is 2.38. The Morgan fingerprint density at radius 2 is 2.12 bits per heavy atom. The summed E-state index contributed by atoms with van der Waals surface area (Å²) in [5, 5.41) is 9.30. The van der Waals surface area contributed by atoms with E-state index in [4.69, 9.17) is 0 Å². The standard InChI is InChI=1S/C12H17N3O/c16-12(11-9-13-6-7-14-11)15-8-10-4-2-1-3-5-10/h1-5,11,13-14H,6-9H2,(H,15,16)/t11-/m0/s1. The van der Waals surface area contributed by atoms with Crippen molar-refractivity contribution in [3.05, 3.63) is 35.9 Å². The Hall–Kier alpha value is -1.39. The van der Waals surface area contributed by atoms with Crippen LogP contribution < -0.4 is 16.0 Å². The Morgan fingerprint density at radius 3 is 2.81 bits per heavy atom. The number of nitrogens with one attached hydrogen (secondary N) is 3. The van der Waals surface area contributed by atoms with E-state index in [-0.39, 0.29) is 11.9 Å². The zero-order valence-electron chi connectivity index (χ0n) is 9.20. The molecule has 1 amide bonds. The van der Waals surface area contributed by atoms with Crippen molar-refractivity contribution in [1.29, 1.82) is 0 Å². The van der Waals surface area contributed by atoms with Crippen LogP contribution >= 0.6 is 0 Å². The van der Waals surface area contributed by atoms with Crippen LogP contribution in [-0.4, -0.2) is 31.6 Å². The molecular formula is C12H17N3O. The summed E-state index contributed by atoms with van der Waals surface area (Å²) >= 11 is 0. The number of hydrogen-bond acceptors (Lipinski definition) is 3. The highest BCUT2D eigenvalue weighted by atomic mass is 16.2. The molecule has 0 spiro atoms. The SMILES string of the molecule is O=C(NCc1ccccc1)[C@@H]1CNCCN1. The Kier molecular flexibility index (Phi) is 3.91. The van der Waals surface area contributed by atoms with E-state index in [9.17, 15) is 4.79 Å². The molecule has 1 heterocycles. The minimum Gasteiger partial charge on any atom is -0.351 e. The number of amides is 1. The number of piperazine rings is 1. The summed E-state index contributed by atoms with van der Waals surface area (Å²) in [6, 6.07) is 9.83. The van der Waals surface area contributed by atoms with Gasteiger partial charge in [-0.2, -0.15) is 0 Å². The van der Waals surface area contributed by atoms with Crippen molar-refractivity contribution in [2.45, 2.75) is 12.6 Å². The molecule has 1 aromatic carbocycles. The second kappa shape index (κ2) is 5.63. The second-order valence-corrected chi connectivity index (χ2v) is 3.91. The van der Waals surface area contributed by atoms with Crippen molar-refractivity contribution in [1.82, 2.24) is 16.0 Å². The van der Waals surface area contributed by atoms with Crippen molar-refractivity contribution in [2.75, 3.05) is 19.6 Å². The fraction of sp³-hybridized carbons (Fsp3) is 0.417. The van der Waals surface area contributed by atoms with Gasteiger partial charge < -0.3 is 16.0 Å². The third-order valence-corrected chi connectivity index (χ3v) is 2.67. The molecule has 0 bridgehead atoms. The lowest BCUT2D eigenvalue weighted by Gasteiger charge is -2.23. The van der Waals surface area contributed by atoms with Gasteiger partial charge in [-0.25, -0.2) is 0 Å². The Bertz CT molecular complexity index is 333. The normalized spacial score (nSPS) is 20.4. The highest BCUT2D eigenvalue weighted by molar-refractivity contribution is 5.82. The molecule has 1 aliphatic rings. The van der Waals surface area contributed by atoms with Gasteiger partial charge in [0.05, 0.1) is 6.04 Å². The van der Waals surface area contributed by atoms with E-state index in [0.29, 0.717) is 13.1 Å². The third-order valence-electron chi connectivity index (χ3n) is 2.67. The van der Waals surface area contributed by atoms with E-state index >= 15 is 0 Å². The van der Waals surface area contributed by atoms with Crippen LogP contribution in [0.1, 0.15) is 5.56 Å². The molecule has 1 saturated heterocycles. The van der Waals surface area contributed by atoms with Crippen molar-refractivity contribution >= 4 is 5.91 Å². The highest BCUT2D eigenvalue weighted by Crippen LogP contribution is 1.97. The Labute approximate surface area is 95.4 Å². The maximum Gasteiger partial charge on any atom is 0.238 e. The molecule has 0 saturated carbocycles. The number of carbonyl (C=O) groups excluding carboxylic acids is 1. The minimum atomic E-state index is -0.0996. The van der Waals surface area contributed by atoms with E-state index in [1.54, 1.807) is 0 Å². The molecule has 0 radical (unpaired) electrons. The van der Waals surface area contributed by atoms with Crippen molar-refractivity contribution in [3.8, 4) is 0 Å².